The van der Waals surface area contributed by atoms with E-state index in [9.17, 15) is 4.79 Å². The lowest BCUT2D eigenvalue weighted by Crippen LogP contribution is -2.30. The number of rotatable bonds is 5. The first-order valence-electron chi connectivity index (χ1n) is 6.89. The van der Waals surface area contributed by atoms with Gasteiger partial charge < -0.3 is 16.0 Å². The maximum absolute atomic E-state index is 11.7. The van der Waals surface area contributed by atoms with E-state index in [-0.39, 0.29) is 11.9 Å². The number of amides is 1. The van der Waals surface area contributed by atoms with Crippen molar-refractivity contribution in [3.05, 3.63) is 29.3 Å². The van der Waals surface area contributed by atoms with Gasteiger partial charge in [-0.05, 0) is 36.7 Å². The second kappa shape index (κ2) is 5.72. The average molecular weight is 261 g/mol. The lowest BCUT2D eigenvalue weighted by molar-refractivity contribution is -0.117. The molecule has 4 nitrogen and oxygen atoms in total. The van der Waals surface area contributed by atoms with Crippen LogP contribution in [0.5, 0.6) is 0 Å². The van der Waals surface area contributed by atoms with Gasteiger partial charge in [0.1, 0.15) is 0 Å². The molecule has 1 aromatic carbocycles. The Labute approximate surface area is 115 Å². The van der Waals surface area contributed by atoms with Crippen molar-refractivity contribution in [2.45, 2.75) is 25.8 Å². The second-order valence-electron chi connectivity index (χ2n) is 5.19. The average Bonchev–Trinajstić information content (AvgIpc) is 2.70. The van der Waals surface area contributed by atoms with Gasteiger partial charge in [-0.2, -0.15) is 0 Å². The molecule has 2 rings (SSSR count). The molecule has 0 saturated carbocycles. The van der Waals surface area contributed by atoms with Crippen molar-refractivity contribution in [1.82, 2.24) is 5.32 Å². The van der Waals surface area contributed by atoms with Crippen LogP contribution in [-0.4, -0.2) is 26.5 Å². The first-order valence-corrected chi connectivity index (χ1v) is 6.89. The van der Waals surface area contributed by atoms with E-state index in [1.807, 2.05) is 20.2 Å². The van der Waals surface area contributed by atoms with Crippen LogP contribution in [0.15, 0.2) is 18.2 Å². The molecule has 19 heavy (non-hydrogen) atoms. The van der Waals surface area contributed by atoms with Gasteiger partial charge in [0.2, 0.25) is 5.91 Å². The molecule has 104 valence electrons. The molecule has 0 aromatic heterocycles. The molecule has 2 atom stereocenters. The van der Waals surface area contributed by atoms with Crippen LogP contribution < -0.4 is 16.0 Å². The van der Waals surface area contributed by atoms with E-state index in [1.54, 1.807) is 4.90 Å². The SMILES string of the molecule is CCC(CN)C(NC)c1ccc2c(c1)CC(=O)N2C. The molecule has 1 aliphatic rings. The summed E-state index contributed by atoms with van der Waals surface area (Å²) < 4.78 is 0. The number of likely N-dealkylation sites (N-methyl/N-ethyl adjacent to an activating group) is 1. The van der Waals surface area contributed by atoms with Crippen LogP contribution in [0.1, 0.15) is 30.5 Å². The third-order valence-corrected chi connectivity index (χ3v) is 4.15. The van der Waals surface area contributed by atoms with E-state index >= 15 is 0 Å². The molecule has 1 aliphatic heterocycles. The molecule has 1 aromatic rings. The monoisotopic (exact) mass is 261 g/mol. The van der Waals surface area contributed by atoms with Crippen molar-refractivity contribution in [2.24, 2.45) is 11.7 Å². The van der Waals surface area contributed by atoms with Crippen LogP contribution in [0.2, 0.25) is 0 Å². The zero-order valence-corrected chi connectivity index (χ0v) is 11.9. The number of carbonyl (C=O) groups excluding carboxylic acids is 1. The van der Waals surface area contributed by atoms with Gasteiger partial charge in [-0.25, -0.2) is 0 Å². The van der Waals surface area contributed by atoms with Gasteiger partial charge in [-0.1, -0.05) is 25.5 Å². The van der Waals surface area contributed by atoms with Gasteiger partial charge in [0, 0.05) is 18.8 Å². The molecule has 1 heterocycles. The highest BCUT2D eigenvalue weighted by atomic mass is 16.2. The molecule has 4 heteroatoms. The van der Waals surface area contributed by atoms with Crippen molar-refractivity contribution in [1.29, 1.82) is 0 Å². The van der Waals surface area contributed by atoms with Gasteiger partial charge >= 0.3 is 0 Å². The van der Waals surface area contributed by atoms with Crippen LogP contribution in [0, 0.1) is 5.92 Å². The highest BCUT2D eigenvalue weighted by Gasteiger charge is 2.26. The van der Waals surface area contributed by atoms with Crippen LogP contribution in [0.4, 0.5) is 5.69 Å². The molecular weight excluding hydrogens is 238 g/mol. The Morgan fingerprint density at radius 2 is 2.21 bits per heavy atom. The fraction of sp³-hybridized carbons (Fsp3) is 0.533. The number of nitrogens with one attached hydrogen (secondary N) is 1. The predicted octanol–water partition coefficient (Wildman–Crippen LogP) is 1.45. The summed E-state index contributed by atoms with van der Waals surface area (Å²) >= 11 is 0. The van der Waals surface area contributed by atoms with Crippen LogP contribution in [0.25, 0.3) is 0 Å². The van der Waals surface area contributed by atoms with Crippen molar-refractivity contribution >= 4 is 11.6 Å². The van der Waals surface area contributed by atoms with Crippen molar-refractivity contribution in [3.63, 3.8) is 0 Å². The Hall–Kier alpha value is -1.39. The van der Waals surface area contributed by atoms with Gasteiger partial charge in [0.15, 0.2) is 0 Å². The third kappa shape index (κ3) is 2.51. The van der Waals surface area contributed by atoms with Gasteiger partial charge in [0.05, 0.1) is 6.42 Å². The quantitative estimate of drug-likeness (QED) is 0.843. The van der Waals surface area contributed by atoms with Crippen LogP contribution >= 0.6 is 0 Å². The number of hydrogen-bond donors (Lipinski definition) is 2. The molecule has 0 fully saturated rings. The largest absolute Gasteiger partial charge is 0.330 e. The number of benzene rings is 1. The summed E-state index contributed by atoms with van der Waals surface area (Å²) in [5, 5.41) is 3.36. The summed E-state index contributed by atoms with van der Waals surface area (Å²) in [7, 11) is 3.80. The minimum Gasteiger partial charge on any atom is -0.330 e. The number of carbonyl (C=O) groups is 1. The van der Waals surface area contributed by atoms with E-state index in [4.69, 9.17) is 5.73 Å². The molecule has 0 saturated heterocycles. The molecule has 3 N–H and O–H groups in total. The smallest absolute Gasteiger partial charge is 0.231 e. The summed E-state index contributed by atoms with van der Waals surface area (Å²) in [6.45, 7) is 2.82. The van der Waals surface area contributed by atoms with Crippen molar-refractivity contribution in [3.8, 4) is 0 Å². The minimum absolute atomic E-state index is 0.166. The van der Waals surface area contributed by atoms with Gasteiger partial charge in [-0.3, -0.25) is 4.79 Å². The Morgan fingerprint density at radius 3 is 2.79 bits per heavy atom. The number of nitrogens with two attached hydrogens (primary N) is 1. The van der Waals surface area contributed by atoms with E-state index in [0.717, 1.165) is 17.7 Å². The van der Waals surface area contributed by atoms with E-state index in [2.05, 4.69) is 24.4 Å². The van der Waals surface area contributed by atoms with Gasteiger partial charge in [-0.15, -0.1) is 0 Å². The highest BCUT2D eigenvalue weighted by molar-refractivity contribution is 6.00. The predicted molar refractivity (Wildman–Crippen MR) is 78.2 cm³/mol. The molecule has 1 amide bonds. The number of hydrogen-bond acceptors (Lipinski definition) is 3. The Kier molecular flexibility index (Phi) is 4.22. The second-order valence-corrected chi connectivity index (χ2v) is 5.19. The van der Waals surface area contributed by atoms with Crippen molar-refractivity contribution < 1.29 is 4.79 Å². The zero-order valence-electron chi connectivity index (χ0n) is 11.9. The lowest BCUT2D eigenvalue weighted by atomic mass is 9.90. The van der Waals surface area contributed by atoms with E-state index in [1.165, 1.54) is 5.56 Å². The first kappa shape index (κ1) is 14.0. The Bertz CT molecular complexity index is 468. The number of fused-ring (bicyclic) bond motifs is 1. The summed E-state index contributed by atoms with van der Waals surface area (Å²) in [5.41, 5.74) is 9.23. The summed E-state index contributed by atoms with van der Waals surface area (Å²) in [6.07, 6.45) is 1.55. The topological polar surface area (TPSA) is 58.4 Å². The number of anilines is 1. The van der Waals surface area contributed by atoms with Crippen LogP contribution in [0.3, 0.4) is 0 Å². The highest BCUT2D eigenvalue weighted by Crippen LogP contribution is 2.32. The molecule has 2 unspecified atom stereocenters. The molecular formula is C15H23N3O. The van der Waals surface area contributed by atoms with E-state index < -0.39 is 0 Å². The summed E-state index contributed by atoms with van der Waals surface area (Å²) in [5.74, 6) is 0.580. The van der Waals surface area contributed by atoms with Crippen molar-refractivity contribution in [2.75, 3.05) is 25.5 Å². The fourth-order valence-corrected chi connectivity index (χ4v) is 2.90. The normalized spacial score (nSPS) is 17.5. The molecule has 0 aliphatic carbocycles. The zero-order chi connectivity index (χ0) is 14.0. The minimum atomic E-state index is 0.166. The van der Waals surface area contributed by atoms with Crippen LogP contribution in [-0.2, 0) is 11.2 Å². The Balaban J connectivity index is 2.32. The molecule has 0 radical (unpaired) electrons. The maximum atomic E-state index is 11.7. The van der Waals surface area contributed by atoms with E-state index in [0.29, 0.717) is 18.9 Å². The molecule has 0 bridgehead atoms. The maximum Gasteiger partial charge on any atom is 0.231 e. The summed E-state index contributed by atoms with van der Waals surface area (Å²) in [4.78, 5) is 13.4. The lowest BCUT2D eigenvalue weighted by Gasteiger charge is -2.25. The summed E-state index contributed by atoms with van der Waals surface area (Å²) in [6, 6.07) is 6.55. The third-order valence-electron chi connectivity index (χ3n) is 4.15. The van der Waals surface area contributed by atoms with Gasteiger partial charge in [0.25, 0.3) is 0 Å². The number of nitrogens with zero attached hydrogens (tertiary/aromatic N) is 1. The molecule has 0 spiro atoms. The standard InChI is InChI=1S/C15H23N3O/c1-4-10(9-16)15(17-2)11-5-6-13-12(7-11)8-14(19)18(13)3/h5-7,10,15,17H,4,8-9,16H2,1-3H3. The first-order chi connectivity index (χ1) is 9.12. The Morgan fingerprint density at radius 1 is 1.47 bits per heavy atom. The fourth-order valence-electron chi connectivity index (χ4n) is 2.90.